The lowest BCUT2D eigenvalue weighted by Gasteiger charge is -2.10. The average molecular weight is 353 g/mol. The van der Waals surface area contributed by atoms with Gasteiger partial charge in [0.05, 0.1) is 18.7 Å². The van der Waals surface area contributed by atoms with Crippen LogP contribution in [0.3, 0.4) is 0 Å². The lowest BCUT2D eigenvalue weighted by Crippen LogP contribution is -2.09. The Morgan fingerprint density at radius 1 is 0.762 bits per heavy atom. The van der Waals surface area contributed by atoms with Gasteiger partial charge in [-0.05, 0) is 58.4 Å². The summed E-state index contributed by atoms with van der Waals surface area (Å²) in [6.07, 6.45) is 0. The fraction of sp³-hybridized carbons (Fsp3) is 0.250. The number of hydrogen-bond donors (Lipinski definition) is 0. The van der Waals surface area contributed by atoms with Crippen LogP contribution in [0.15, 0.2) is 46.9 Å². The summed E-state index contributed by atoms with van der Waals surface area (Å²) in [6.45, 7) is 0.918. The molecule has 4 nitrogen and oxygen atoms in total. The Kier molecular flexibility index (Phi) is 5.75. The molecule has 0 heterocycles. The van der Waals surface area contributed by atoms with Gasteiger partial charge in [0.25, 0.3) is 0 Å². The fourth-order valence-electron chi connectivity index (χ4n) is 1.71. The minimum absolute atomic E-state index is 0.455. The molecular weight excluding hydrogens is 336 g/mol. The van der Waals surface area contributed by atoms with Crippen LogP contribution in [0.25, 0.3) is 0 Å². The van der Waals surface area contributed by atoms with Crippen molar-refractivity contribution in [2.75, 3.05) is 27.4 Å². The Bertz CT molecular complexity index is 569. The minimum atomic E-state index is 0.455. The van der Waals surface area contributed by atoms with E-state index in [0.717, 1.165) is 27.5 Å². The quantitative estimate of drug-likeness (QED) is 0.707. The first-order chi connectivity index (χ1) is 10.2. The normalized spacial score (nSPS) is 10.0. The van der Waals surface area contributed by atoms with Gasteiger partial charge in [-0.15, -0.1) is 0 Å². The third kappa shape index (κ3) is 4.56. The first kappa shape index (κ1) is 15.5. The monoisotopic (exact) mass is 352 g/mol. The Morgan fingerprint density at radius 3 is 1.95 bits per heavy atom. The molecule has 112 valence electrons. The second kappa shape index (κ2) is 7.78. The lowest BCUT2D eigenvalue weighted by atomic mass is 10.3. The maximum Gasteiger partial charge on any atom is 0.133 e. The average Bonchev–Trinajstić information content (AvgIpc) is 2.53. The third-order valence-corrected chi connectivity index (χ3v) is 3.43. The van der Waals surface area contributed by atoms with E-state index in [-0.39, 0.29) is 0 Å². The highest BCUT2D eigenvalue weighted by Crippen LogP contribution is 2.29. The second-order valence-electron chi connectivity index (χ2n) is 4.17. The Balaban J connectivity index is 1.78. The van der Waals surface area contributed by atoms with Crippen LogP contribution in [0, 0.1) is 0 Å². The Hall–Kier alpha value is -1.88. The van der Waals surface area contributed by atoms with Crippen molar-refractivity contribution in [3.63, 3.8) is 0 Å². The van der Waals surface area contributed by atoms with Crippen LogP contribution in [0.1, 0.15) is 0 Å². The van der Waals surface area contributed by atoms with Crippen LogP contribution in [0.2, 0.25) is 0 Å². The van der Waals surface area contributed by atoms with Gasteiger partial charge in [0.1, 0.15) is 36.2 Å². The van der Waals surface area contributed by atoms with Crippen LogP contribution < -0.4 is 18.9 Å². The molecule has 0 aliphatic rings. The third-order valence-electron chi connectivity index (χ3n) is 2.81. The van der Waals surface area contributed by atoms with Gasteiger partial charge in [-0.2, -0.15) is 0 Å². The van der Waals surface area contributed by atoms with Gasteiger partial charge in [0.15, 0.2) is 0 Å². The first-order valence-corrected chi connectivity index (χ1v) is 7.25. The van der Waals surface area contributed by atoms with E-state index in [1.54, 1.807) is 14.2 Å². The molecule has 2 aromatic carbocycles. The molecule has 0 atom stereocenters. The molecule has 0 saturated carbocycles. The molecule has 0 amide bonds. The minimum Gasteiger partial charge on any atom is -0.497 e. The van der Waals surface area contributed by atoms with Crippen molar-refractivity contribution in [3.8, 4) is 23.0 Å². The summed E-state index contributed by atoms with van der Waals surface area (Å²) >= 11 is 3.44. The molecule has 21 heavy (non-hydrogen) atoms. The predicted octanol–water partition coefficient (Wildman–Crippen LogP) is 3.92. The van der Waals surface area contributed by atoms with Crippen molar-refractivity contribution < 1.29 is 18.9 Å². The largest absolute Gasteiger partial charge is 0.497 e. The number of rotatable bonds is 7. The van der Waals surface area contributed by atoms with E-state index >= 15 is 0 Å². The molecule has 2 aromatic rings. The summed E-state index contributed by atoms with van der Waals surface area (Å²) in [5, 5.41) is 0. The van der Waals surface area contributed by atoms with Crippen molar-refractivity contribution in [2.45, 2.75) is 0 Å². The van der Waals surface area contributed by atoms with E-state index in [1.165, 1.54) is 0 Å². The topological polar surface area (TPSA) is 36.9 Å². The van der Waals surface area contributed by atoms with Gasteiger partial charge in [0.2, 0.25) is 0 Å². The smallest absolute Gasteiger partial charge is 0.133 e. The molecule has 0 N–H and O–H groups in total. The summed E-state index contributed by atoms with van der Waals surface area (Å²) in [5.41, 5.74) is 0. The molecule has 0 saturated heterocycles. The van der Waals surface area contributed by atoms with E-state index in [0.29, 0.717) is 13.2 Å². The fourth-order valence-corrected chi connectivity index (χ4v) is 2.18. The van der Waals surface area contributed by atoms with E-state index < -0.39 is 0 Å². The van der Waals surface area contributed by atoms with Crippen molar-refractivity contribution in [1.29, 1.82) is 0 Å². The van der Waals surface area contributed by atoms with E-state index in [2.05, 4.69) is 15.9 Å². The summed E-state index contributed by atoms with van der Waals surface area (Å²) in [6, 6.07) is 13.0. The Morgan fingerprint density at radius 2 is 1.33 bits per heavy atom. The number of methoxy groups -OCH3 is 2. The molecule has 0 aliphatic carbocycles. The molecule has 0 radical (unpaired) electrons. The van der Waals surface area contributed by atoms with Gasteiger partial charge in [-0.3, -0.25) is 0 Å². The van der Waals surface area contributed by atoms with Crippen molar-refractivity contribution in [2.24, 2.45) is 0 Å². The highest BCUT2D eigenvalue weighted by Gasteiger charge is 2.03. The van der Waals surface area contributed by atoms with Gasteiger partial charge in [-0.1, -0.05) is 0 Å². The summed E-state index contributed by atoms with van der Waals surface area (Å²) in [7, 11) is 3.27. The standard InChI is InChI=1S/C16H17BrO4/c1-18-12-3-5-13(6-4-12)20-9-10-21-16-8-7-14(19-2)11-15(16)17/h3-8,11H,9-10H2,1-2H3. The van der Waals surface area contributed by atoms with Crippen molar-refractivity contribution >= 4 is 15.9 Å². The summed E-state index contributed by atoms with van der Waals surface area (Å²) in [5.74, 6) is 3.13. The van der Waals surface area contributed by atoms with Crippen LogP contribution in [0.5, 0.6) is 23.0 Å². The molecule has 0 spiro atoms. The first-order valence-electron chi connectivity index (χ1n) is 6.46. The zero-order valence-corrected chi connectivity index (χ0v) is 13.6. The molecule has 5 heteroatoms. The van der Waals surface area contributed by atoms with Crippen molar-refractivity contribution in [1.82, 2.24) is 0 Å². The number of halogens is 1. The molecule has 2 rings (SSSR count). The van der Waals surface area contributed by atoms with Crippen LogP contribution in [-0.2, 0) is 0 Å². The SMILES string of the molecule is COc1ccc(OCCOc2ccc(OC)cc2Br)cc1. The summed E-state index contributed by atoms with van der Waals surface area (Å²) in [4.78, 5) is 0. The predicted molar refractivity (Wildman–Crippen MR) is 84.7 cm³/mol. The van der Waals surface area contributed by atoms with Crippen LogP contribution in [-0.4, -0.2) is 27.4 Å². The van der Waals surface area contributed by atoms with Gasteiger partial charge in [0, 0.05) is 0 Å². The van der Waals surface area contributed by atoms with Crippen LogP contribution >= 0.6 is 15.9 Å². The lowest BCUT2D eigenvalue weighted by molar-refractivity contribution is 0.216. The Labute approximate surface area is 132 Å². The molecule has 0 aromatic heterocycles. The van der Waals surface area contributed by atoms with E-state index in [4.69, 9.17) is 18.9 Å². The maximum atomic E-state index is 5.65. The molecular formula is C16H17BrO4. The molecule has 0 aliphatic heterocycles. The zero-order valence-electron chi connectivity index (χ0n) is 12.0. The highest BCUT2D eigenvalue weighted by molar-refractivity contribution is 9.10. The van der Waals surface area contributed by atoms with Gasteiger partial charge < -0.3 is 18.9 Å². The van der Waals surface area contributed by atoms with Crippen molar-refractivity contribution in [3.05, 3.63) is 46.9 Å². The molecule has 0 unspecified atom stereocenters. The van der Waals surface area contributed by atoms with Crippen LogP contribution in [0.4, 0.5) is 0 Å². The molecule has 0 bridgehead atoms. The maximum absolute atomic E-state index is 5.65. The zero-order chi connectivity index (χ0) is 15.1. The number of ether oxygens (including phenoxy) is 4. The molecule has 0 fully saturated rings. The van der Waals surface area contributed by atoms with Gasteiger partial charge >= 0.3 is 0 Å². The van der Waals surface area contributed by atoms with E-state index in [1.807, 2.05) is 42.5 Å². The number of benzene rings is 2. The van der Waals surface area contributed by atoms with E-state index in [9.17, 15) is 0 Å². The second-order valence-corrected chi connectivity index (χ2v) is 5.02. The highest BCUT2D eigenvalue weighted by atomic mass is 79.9. The number of hydrogen-bond acceptors (Lipinski definition) is 4. The summed E-state index contributed by atoms with van der Waals surface area (Å²) < 4.78 is 22.3. The van der Waals surface area contributed by atoms with Gasteiger partial charge in [-0.25, -0.2) is 0 Å².